The van der Waals surface area contributed by atoms with Crippen LogP contribution in [0.3, 0.4) is 0 Å². The number of rotatable bonds is 5. The van der Waals surface area contributed by atoms with Crippen molar-refractivity contribution in [2.45, 2.75) is 11.4 Å². The van der Waals surface area contributed by atoms with E-state index in [4.69, 9.17) is 10.00 Å². The van der Waals surface area contributed by atoms with E-state index in [0.717, 1.165) is 5.56 Å². The summed E-state index contributed by atoms with van der Waals surface area (Å²) in [5.74, 6) is 0.421. The number of nitrogens with zero attached hydrogens (tertiary/aromatic N) is 2. The summed E-state index contributed by atoms with van der Waals surface area (Å²) in [5.41, 5.74) is 1.15. The number of benzene rings is 1. The van der Waals surface area contributed by atoms with Gasteiger partial charge >= 0.3 is 0 Å². The maximum Gasteiger partial charge on any atom is 0.240 e. The van der Waals surface area contributed by atoms with Gasteiger partial charge in [0.05, 0.1) is 23.6 Å². The number of hydrogen-bond acceptors (Lipinski definition) is 5. The van der Waals surface area contributed by atoms with E-state index in [1.54, 1.807) is 18.3 Å². The Kier molecular flexibility index (Phi) is 4.52. The lowest BCUT2D eigenvalue weighted by atomic mass is 10.2. The first kappa shape index (κ1) is 15.0. The molecule has 0 saturated heterocycles. The molecule has 0 spiro atoms. The van der Waals surface area contributed by atoms with Gasteiger partial charge in [-0.05, 0) is 35.9 Å². The molecule has 0 aliphatic carbocycles. The molecule has 7 heteroatoms. The SMILES string of the molecule is COc1cc(CNS(=O)(=O)c2ccc(C#N)cc2)ccn1. The molecule has 0 aliphatic heterocycles. The smallest absolute Gasteiger partial charge is 0.240 e. The number of ether oxygens (including phenoxy) is 1. The zero-order valence-corrected chi connectivity index (χ0v) is 12.1. The minimum atomic E-state index is -3.62. The molecule has 0 fully saturated rings. The van der Waals surface area contributed by atoms with Crippen molar-refractivity contribution in [3.63, 3.8) is 0 Å². The van der Waals surface area contributed by atoms with Crippen molar-refractivity contribution >= 4 is 10.0 Å². The molecule has 0 aliphatic rings. The number of aromatic nitrogens is 1. The normalized spacial score (nSPS) is 10.9. The van der Waals surface area contributed by atoms with E-state index < -0.39 is 10.0 Å². The predicted molar refractivity (Wildman–Crippen MR) is 76.0 cm³/mol. The minimum absolute atomic E-state index is 0.113. The number of pyridine rings is 1. The van der Waals surface area contributed by atoms with Gasteiger partial charge in [0.25, 0.3) is 0 Å². The lowest BCUT2D eigenvalue weighted by Gasteiger charge is -2.07. The Balaban J connectivity index is 2.11. The molecule has 6 nitrogen and oxygen atoms in total. The van der Waals surface area contributed by atoms with Gasteiger partial charge in [-0.1, -0.05) is 0 Å². The van der Waals surface area contributed by atoms with Crippen molar-refractivity contribution in [3.8, 4) is 11.9 Å². The van der Waals surface area contributed by atoms with Crippen LogP contribution in [0.5, 0.6) is 5.88 Å². The Bertz CT molecular complexity index is 765. The molecule has 0 radical (unpaired) electrons. The quantitative estimate of drug-likeness (QED) is 0.902. The van der Waals surface area contributed by atoms with Crippen LogP contribution in [0.2, 0.25) is 0 Å². The molecule has 0 amide bonds. The van der Waals surface area contributed by atoms with Gasteiger partial charge in [0.15, 0.2) is 0 Å². The van der Waals surface area contributed by atoms with Crippen LogP contribution < -0.4 is 9.46 Å². The second kappa shape index (κ2) is 6.35. The highest BCUT2D eigenvalue weighted by molar-refractivity contribution is 7.89. The molecule has 21 heavy (non-hydrogen) atoms. The second-order valence-corrected chi connectivity index (χ2v) is 5.93. The first-order valence-electron chi connectivity index (χ1n) is 6.04. The van der Waals surface area contributed by atoms with E-state index in [1.807, 2.05) is 6.07 Å². The highest BCUT2D eigenvalue weighted by Crippen LogP contribution is 2.12. The maximum absolute atomic E-state index is 12.1. The van der Waals surface area contributed by atoms with Gasteiger partial charge in [0, 0.05) is 18.8 Å². The summed E-state index contributed by atoms with van der Waals surface area (Å²) in [5, 5.41) is 8.70. The Morgan fingerprint density at radius 3 is 2.62 bits per heavy atom. The van der Waals surface area contributed by atoms with Gasteiger partial charge in [-0.15, -0.1) is 0 Å². The Labute approximate surface area is 123 Å². The summed E-state index contributed by atoms with van der Waals surface area (Å²) in [7, 11) is -2.13. The van der Waals surface area contributed by atoms with Crippen LogP contribution in [0, 0.1) is 11.3 Å². The summed E-state index contributed by atoms with van der Waals surface area (Å²) in [6, 6.07) is 11.0. The van der Waals surface area contributed by atoms with Crippen LogP contribution in [-0.2, 0) is 16.6 Å². The molecule has 0 atom stereocenters. The Morgan fingerprint density at radius 2 is 2.00 bits per heavy atom. The first-order valence-corrected chi connectivity index (χ1v) is 7.52. The standard InChI is InChI=1S/C14H13N3O3S/c1-20-14-8-12(6-7-16-14)10-17-21(18,19)13-4-2-11(9-15)3-5-13/h2-8,17H,10H2,1H3. The number of sulfonamides is 1. The summed E-state index contributed by atoms with van der Waals surface area (Å²) in [6.07, 6.45) is 1.55. The lowest BCUT2D eigenvalue weighted by Crippen LogP contribution is -2.23. The highest BCUT2D eigenvalue weighted by Gasteiger charge is 2.13. The third-order valence-corrected chi connectivity index (χ3v) is 4.19. The van der Waals surface area contributed by atoms with E-state index in [1.165, 1.54) is 31.4 Å². The Morgan fingerprint density at radius 1 is 1.29 bits per heavy atom. The molecule has 0 bridgehead atoms. The second-order valence-electron chi connectivity index (χ2n) is 4.17. The molecule has 1 heterocycles. The van der Waals surface area contributed by atoms with E-state index in [-0.39, 0.29) is 11.4 Å². The summed E-state index contributed by atoms with van der Waals surface area (Å²) in [6.45, 7) is 0.126. The van der Waals surface area contributed by atoms with Gasteiger partial charge in [0.2, 0.25) is 15.9 Å². The van der Waals surface area contributed by atoms with Crippen molar-refractivity contribution in [2.75, 3.05) is 7.11 Å². The van der Waals surface area contributed by atoms with Gasteiger partial charge < -0.3 is 4.74 Å². The molecule has 1 aromatic heterocycles. The fourth-order valence-corrected chi connectivity index (χ4v) is 2.66. The minimum Gasteiger partial charge on any atom is -0.481 e. The number of nitrogens with one attached hydrogen (secondary N) is 1. The first-order chi connectivity index (χ1) is 10.0. The molecule has 2 rings (SSSR count). The predicted octanol–water partition coefficient (Wildman–Crippen LogP) is 1.44. The molecule has 1 aromatic carbocycles. The fraction of sp³-hybridized carbons (Fsp3) is 0.143. The molecular formula is C14H13N3O3S. The van der Waals surface area contributed by atoms with Crippen molar-refractivity contribution in [1.82, 2.24) is 9.71 Å². The lowest BCUT2D eigenvalue weighted by molar-refractivity contribution is 0.397. The summed E-state index contributed by atoms with van der Waals surface area (Å²) >= 11 is 0. The van der Waals surface area contributed by atoms with E-state index in [0.29, 0.717) is 11.4 Å². The molecule has 0 saturated carbocycles. The average Bonchev–Trinajstić information content (AvgIpc) is 2.53. The van der Waals surface area contributed by atoms with Crippen LogP contribution in [0.25, 0.3) is 0 Å². The van der Waals surface area contributed by atoms with Crippen molar-refractivity contribution in [1.29, 1.82) is 5.26 Å². The molecular weight excluding hydrogens is 290 g/mol. The zero-order valence-electron chi connectivity index (χ0n) is 11.3. The van der Waals surface area contributed by atoms with E-state index in [9.17, 15) is 8.42 Å². The number of hydrogen-bond donors (Lipinski definition) is 1. The van der Waals surface area contributed by atoms with Gasteiger partial charge in [-0.3, -0.25) is 0 Å². The number of nitriles is 1. The van der Waals surface area contributed by atoms with Gasteiger partial charge in [-0.2, -0.15) is 5.26 Å². The fourth-order valence-electron chi connectivity index (χ4n) is 1.64. The molecule has 1 N–H and O–H groups in total. The zero-order chi connectivity index (χ0) is 15.3. The Hall–Kier alpha value is -2.43. The number of methoxy groups -OCH3 is 1. The van der Waals surface area contributed by atoms with Crippen LogP contribution in [0.4, 0.5) is 0 Å². The van der Waals surface area contributed by atoms with Crippen molar-refractivity contribution in [3.05, 3.63) is 53.7 Å². The van der Waals surface area contributed by atoms with Gasteiger partial charge in [-0.25, -0.2) is 18.1 Å². The third-order valence-electron chi connectivity index (χ3n) is 2.77. The summed E-state index contributed by atoms with van der Waals surface area (Å²) in [4.78, 5) is 4.06. The maximum atomic E-state index is 12.1. The van der Waals surface area contributed by atoms with E-state index in [2.05, 4.69) is 9.71 Å². The monoisotopic (exact) mass is 303 g/mol. The molecule has 0 unspecified atom stereocenters. The topological polar surface area (TPSA) is 92.1 Å². The van der Waals surface area contributed by atoms with E-state index >= 15 is 0 Å². The highest BCUT2D eigenvalue weighted by atomic mass is 32.2. The molecule has 2 aromatic rings. The third kappa shape index (κ3) is 3.78. The van der Waals surface area contributed by atoms with Crippen molar-refractivity contribution in [2.24, 2.45) is 0 Å². The van der Waals surface area contributed by atoms with Crippen LogP contribution in [0.15, 0.2) is 47.5 Å². The molecule has 108 valence electrons. The summed E-state index contributed by atoms with van der Waals surface area (Å²) < 4.78 is 31.7. The van der Waals surface area contributed by atoms with Crippen LogP contribution in [0.1, 0.15) is 11.1 Å². The largest absolute Gasteiger partial charge is 0.481 e. The van der Waals surface area contributed by atoms with Gasteiger partial charge in [0.1, 0.15) is 0 Å². The van der Waals surface area contributed by atoms with Crippen LogP contribution in [-0.4, -0.2) is 20.5 Å². The van der Waals surface area contributed by atoms with Crippen molar-refractivity contribution < 1.29 is 13.2 Å². The average molecular weight is 303 g/mol. The van der Waals surface area contributed by atoms with Crippen LogP contribution >= 0.6 is 0 Å².